The first-order valence-electron chi connectivity index (χ1n) is 11.9. The molecule has 0 unspecified atom stereocenters. The second-order valence-corrected chi connectivity index (χ2v) is 11.5. The largest absolute Gasteiger partial charge is 0.385 e. The standard InChI is InChI=1S/C23H51NO3P/c1-8-9-10-11-12-13-14-15-16-17-18-19-20-24(6,7)21-28(25,26-22(2)3)27-23(4)5/h22-23H,8-21H2,1-7H3/q+1. The summed E-state index contributed by atoms with van der Waals surface area (Å²) in [6.07, 6.45) is 16.6. The molecule has 5 heteroatoms. The highest BCUT2D eigenvalue weighted by Crippen LogP contribution is 2.51. The van der Waals surface area contributed by atoms with E-state index in [1.165, 1.54) is 77.0 Å². The molecule has 0 radical (unpaired) electrons. The van der Waals surface area contributed by atoms with Gasteiger partial charge in [-0.15, -0.1) is 0 Å². The van der Waals surface area contributed by atoms with Gasteiger partial charge in [-0.3, -0.25) is 4.57 Å². The van der Waals surface area contributed by atoms with Gasteiger partial charge in [0.2, 0.25) is 0 Å². The highest BCUT2D eigenvalue weighted by Gasteiger charge is 2.36. The maximum absolute atomic E-state index is 13.1. The van der Waals surface area contributed by atoms with Crippen LogP contribution in [0.5, 0.6) is 0 Å². The number of hydrogen-bond acceptors (Lipinski definition) is 3. The van der Waals surface area contributed by atoms with Crippen molar-refractivity contribution in [2.75, 3.05) is 26.9 Å². The van der Waals surface area contributed by atoms with E-state index in [-0.39, 0.29) is 12.2 Å². The quantitative estimate of drug-likeness (QED) is 0.122. The molecular weight excluding hydrogens is 369 g/mol. The summed E-state index contributed by atoms with van der Waals surface area (Å²) < 4.78 is 25.2. The Labute approximate surface area is 176 Å². The SMILES string of the molecule is CCCCCCCCCCCCCC[N+](C)(C)CP(=O)(OC(C)C)OC(C)C. The van der Waals surface area contributed by atoms with Crippen LogP contribution in [0.25, 0.3) is 0 Å². The van der Waals surface area contributed by atoms with Crippen LogP contribution in [0.3, 0.4) is 0 Å². The topological polar surface area (TPSA) is 35.5 Å². The third-order valence-corrected chi connectivity index (χ3v) is 7.51. The normalized spacial score (nSPS) is 13.0. The molecule has 0 rings (SSSR count). The van der Waals surface area contributed by atoms with Crippen molar-refractivity contribution in [1.29, 1.82) is 0 Å². The Morgan fingerprint density at radius 3 is 1.39 bits per heavy atom. The third kappa shape index (κ3) is 17.0. The van der Waals surface area contributed by atoms with Gasteiger partial charge in [-0.25, -0.2) is 0 Å². The Kier molecular flexibility index (Phi) is 15.9. The van der Waals surface area contributed by atoms with E-state index in [1.807, 2.05) is 27.7 Å². The molecule has 0 fully saturated rings. The second kappa shape index (κ2) is 15.9. The van der Waals surface area contributed by atoms with Crippen LogP contribution < -0.4 is 0 Å². The number of hydrogen-bond donors (Lipinski definition) is 0. The fourth-order valence-corrected chi connectivity index (χ4v) is 6.20. The van der Waals surface area contributed by atoms with Gasteiger partial charge in [-0.1, -0.05) is 71.1 Å². The van der Waals surface area contributed by atoms with Gasteiger partial charge in [0.25, 0.3) is 0 Å². The number of nitrogens with zero attached hydrogens (tertiary/aromatic N) is 1. The second-order valence-electron chi connectivity index (χ2n) is 9.61. The van der Waals surface area contributed by atoms with Gasteiger partial charge in [-0.2, -0.15) is 0 Å². The zero-order chi connectivity index (χ0) is 21.5. The van der Waals surface area contributed by atoms with Crippen molar-refractivity contribution in [3.63, 3.8) is 0 Å². The molecule has 0 aromatic heterocycles. The van der Waals surface area contributed by atoms with Gasteiger partial charge in [0.05, 0.1) is 32.8 Å². The predicted octanol–water partition coefficient (Wildman–Crippen LogP) is 7.76. The van der Waals surface area contributed by atoms with E-state index in [1.54, 1.807) is 0 Å². The summed E-state index contributed by atoms with van der Waals surface area (Å²) in [5.41, 5.74) is 0. The molecule has 170 valence electrons. The lowest BCUT2D eigenvalue weighted by Crippen LogP contribution is -2.42. The van der Waals surface area contributed by atoms with Crippen LogP contribution in [0, 0.1) is 0 Å². The molecule has 28 heavy (non-hydrogen) atoms. The summed E-state index contributed by atoms with van der Waals surface area (Å²) in [4.78, 5) is 0. The van der Waals surface area contributed by atoms with E-state index in [0.717, 1.165) is 6.54 Å². The molecule has 0 atom stereocenters. The van der Waals surface area contributed by atoms with E-state index >= 15 is 0 Å². The fraction of sp³-hybridized carbons (Fsp3) is 1.00. The summed E-state index contributed by atoms with van der Waals surface area (Å²) in [6, 6.07) is 0. The maximum Gasteiger partial charge on any atom is 0.385 e. The minimum absolute atomic E-state index is 0.0868. The molecule has 0 bridgehead atoms. The molecule has 0 aliphatic rings. The molecule has 0 N–H and O–H groups in total. The first kappa shape index (κ1) is 28.1. The van der Waals surface area contributed by atoms with E-state index in [2.05, 4.69) is 21.0 Å². The van der Waals surface area contributed by atoms with Gasteiger partial charge in [0, 0.05) is 0 Å². The summed E-state index contributed by atoms with van der Waals surface area (Å²) in [6.45, 7) is 11.0. The van der Waals surface area contributed by atoms with Gasteiger partial charge < -0.3 is 13.5 Å². The molecular formula is C23H51NO3P+. The van der Waals surface area contributed by atoms with E-state index in [9.17, 15) is 4.57 Å². The van der Waals surface area contributed by atoms with Gasteiger partial charge in [0.1, 0.15) is 0 Å². The molecule has 4 nitrogen and oxygen atoms in total. The Morgan fingerprint density at radius 2 is 1.04 bits per heavy atom. The number of unbranched alkanes of at least 4 members (excludes halogenated alkanes) is 11. The number of quaternary nitrogens is 1. The lowest BCUT2D eigenvalue weighted by Gasteiger charge is -2.34. The summed E-state index contributed by atoms with van der Waals surface area (Å²) >= 11 is 0. The first-order chi connectivity index (χ1) is 13.1. The van der Waals surface area contributed by atoms with Crippen LogP contribution in [-0.4, -0.2) is 43.6 Å². The minimum atomic E-state index is -3.07. The third-order valence-electron chi connectivity index (χ3n) is 4.92. The van der Waals surface area contributed by atoms with E-state index in [4.69, 9.17) is 9.05 Å². The molecule has 0 aliphatic carbocycles. The van der Waals surface area contributed by atoms with Crippen LogP contribution in [-0.2, 0) is 13.6 Å². The first-order valence-corrected chi connectivity index (χ1v) is 13.6. The molecule has 0 saturated carbocycles. The monoisotopic (exact) mass is 420 g/mol. The average Bonchev–Trinajstić information content (AvgIpc) is 2.53. The molecule has 0 heterocycles. The lowest BCUT2D eigenvalue weighted by atomic mass is 10.1. The maximum atomic E-state index is 13.1. The van der Waals surface area contributed by atoms with Gasteiger partial charge in [-0.05, 0) is 40.5 Å². The summed E-state index contributed by atoms with van der Waals surface area (Å²) in [7, 11) is 1.21. The molecule has 0 aromatic rings. The van der Waals surface area contributed by atoms with Gasteiger partial charge in [0.15, 0.2) is 6.29 Å². The zero-order valence-corrected chi connectivity index (χ0v) is 21.1. The highest BCUT2D eigenvalue weighted by atomic mass is 31.2. The van der Waals surface area contributed by atoms with Crippen molar-refractivity contribution in [2.24, 2.45) is 0 Å². The van der Waals surface area contributed by atoms with Crippen molar-refractivity contribution in [1.82, 2.24) is 0 Å². The van der Waals surface area contributed by atoms with Crippen LogP contribution in [0.2, 0.25) is 0 Å². The van der Waals surface area contributed by atoms with Crippen molar-refractivity contribution in [3.8, 4) is 0 Å². The van der Waals surface area contributed by atoms with Crippen LogP contribution in [0.15, 0.2) is 0 Å². The van der Waals surface area contributed by atoms with Crippen LogP contribution >= 0.6 is 7.60 Å². The zero-order valence-electron chi connectivity index (χ0n) is 20.2. The van der Waals surface area contributed by atoms with Crippen molar-refractivity contribution in [2.45, 2.75) is 124 Å². The van der Waals surface area contributed by atoms with Gasteiger partial charge >= 0.3 is 7.60 Å². The Hall–Kier alpha value is 0.110. The van der Waals surface area contributed by atoms with Crippen LogP contribution in [0.1, 0.15) is 112 Å². The van der Waals surface area contributed by atoms with Crippen LogP contribution in [0.4, 0.5) is 0 Å². The molecule has 0 spiro atoms. The van der Waals surface area contributed by atoms with Crippen molar-refractivity contribution >= 4 is 7.60 Å². The fourth-order valence-electron chi connectivity index (χ4n) is 3.65. The summed E-state index contributed by atoms with van der Waals surface area (Å²) in [5, 5.41) is 0. The lowest BCUT2D eigenvalue weighted by molar-refractivity contribution is -0.880. The highest BCUT2D eigenvalue weighted by molar-refractivity contribution is 7.53. The summed E-state index contributed by atoms with van der Waals surface area (Å²) in [5.74, 6) is 0. The van der Waals surface area contributed by atoms with Crippen molar-refractivity contribution < 1.29 is 18.1 Å². The Balaban J connectivity index is 3.92. The Bertz CT molecular complexity index is 397. The molecule has 0 aliphatic heterocycles. The van der Waals surface area contributed by atoms with E-state index in [0.29, 0.717) is 10.8 Å². The number of rotatable bonds is 19. The van der Waals surface area contributed by atoms with Crippen molar-refractivity contribution in [3.05, 3.63) is 0 Å². The molecule has 0 saturated heterocycles. The average molecular weight is 421 g/mol. The Morgan fingerprint density at radius 1 is 0.679 bits per heavy atom. The molecule has 0 aromatic carbocycles. The predicted molar refractivity (Wildman–Crippen MR) is 123 cm³/mol. The van der Waals surface area contributed by atoms with E-state index < -0.39 is 7.60 Å². The minimum Gasteiger partial charge on any atom is -0.318 e. The smallest absolute Gasteiger partial charge is 0.318 e. The molecule has 0 amide bonds.